The highest BCUT2D eigenvalue weighted by Crippen LogP contribution is 2.24. The van der Waals surface area contributed by atoms with E-state index < -0.39 is 23.1 Å². The first kappa shape index (κ1) is 23.3. The molecule has 0 bridgehead atoms. The van der Waals surface area contributed by atoms with Crippen molar-refractivity contribution < 1.29 is 23.9 Å². The van der Waals surface area contributed by atoms with Crippen LogP contribution in [0.2, 0.25) is 0 Å². The molecule has 1 aromatic heterocycles. The number of nitrogens with one attached hydrogen (secondary N) is 2. The predicted molar refractivity (Wildman–Crippen MR) is 112 cm³/mol. The van der Waals surface area contributed by atoms with Crippen LogP contribution in [-0.4, -0.2) is 39.4 Å². The summed E-state index contributed by atoms with van der Waals surface area (Å²) in [4.78, 5) is 38.2. The number of aryl methyl sites for hydroxylation is 1. The number of ketones is 1. The van der Waals surface area contributed by atoms with Crippen LogP contribution < -0.4 is 10.6 Å². The Hall–Kier alpha value is -3.00. The predicted octanol–water partition coefficient (Wildman–Crippen LogP) is 2.80. The summed E-state index contributed by atoms with van der Waals surface area (Å²) in [5, 5.41) is 14.4. The van der Waals surface area contributed by atoms with Gasteiger partial charge in [-0.25, -0.2) is 4.39 Å². The Labute approximate surface area is 175 Å². The Kier molecular flexibility index (Phi) is 6.82. The van der Waals surface area contributed by atoms with Crippen molar-refractivity contribution in [3.05, 3.63) is 52.1 Å². The van der Waals surface area contributed by atoms with E-state index in [0.717, 1.165) is 0 Å². The first-order valence-corrected chi connectivity index (χ1v) is 9.60. The number of nitrogens with zero attached hydrogens (tertiary/aromatic N) is 1. The summed E-state index contributed by atoms with van der Waals surface area (Å²) >= 11 is 0. The van der Waals surface area contributed by atoms with Crippen molar-refractivity contribution in [2.45, 2.75) is 46.6 Å². The van der Waals surface area contributed by atoms with Crippen molar-refractivity contribution >= 4 is 23.3 Å². The van der Waals surface area contributed by atoms with Crippen molar-refractivity contribution in [3.63, 3.8) is 0 Å². The molecule has 2 rings (SSSR count). The number of aliphatic hydroxyl groups excluding tert-OH is 1. The fourth-order valence-electron chi connectivity index (χ4n) is 3.36. The van der Waals surface area contributed by atoms with E-state index in [0.29, 0.717) is 28.9 Å². The largest absolute Gasteiger partial charge is 0.396 e. The van der Waals surface area contributed by atoms with Crippen molar-refractivity contribution in [1.29, 1.82) is 0 Å². The van der Waals surface area contributed by atoms with Crippen molar-refractivity contribution in [1.82, 2.24) is 9.88 Å². The molecule has 162 valence electrons. The van der Waals surface area contributed by atoms with Crippen LogP contribution in [0.4, 0.5) is 10.1 Å². The highest BCUT2D eigenvalue weighted by molar-refractivity contribution is 6.43. The van der Waals surface area contributed by atoms with E-state index in [1.807, 2.05) is 0 Å². The van der Waals surface area contributed by atoms with Gasteiger partial charge in [0.25, 0.3) is 17.6 Å². The third-order valence-corrected chi connectivity index (χ3v) is 5.18. The highest BCUT2D eigenvalue weighted by Gasteiger charge is 2.31. The number of hydrogen-bond acceptors (Lipinski definition) is 4. The summed E-state index contributed by atoms with van der Waals surface area (Å²) in [6.07, 6.45) is 0.294. The average Bonchev–Trinajstić information content (AvgIpc) is 2.86. The molecule has 30 heavy (non-hydrogen) atoms. The average molecular weight is 417 g/mol. The van der Waals surface area contributed by atoms with Gasteiger partial charge in [-0.1, -0.05) is 0 Å². The van der Waals surface area contributed by atoms with Gasteiger partial charge in [0.2, 0.25) is 0 Å². The number of aliphatic hydroxyl groups is 1. The Morgan fingerprint density at radius 3 is 2.37 bits per heavy atom. The van der Waals surface area contributed by atoms with Gasteiger partial charge in [0, 0.05) is 30.6 Å². The summed E-state index contributed by atoms with van der Waals surface area (Å²) in [6.45, 7) is 8.18. The lowest BCUT2D eigenvalue weighted by Gasteiger charge is -2.24. The Bertz CT molecular complexity index is 1010. The number of aromatic nitrogens is 1. The number of carbonyl (C=O) groups is 3. The topological polar surface area (TPSA) is 100 Å². The maximum atomic E-state index is 13.5. The zero-order valence-corrected chi connectivity index (χ0v) is 18.1. The van der Waals surface area contributed by atoms with Crippen LogP contribution in [0.3, 0.4) is 0 Å². The van der Waals surface area contributed by atoms with E-state index >= 15 is 0 Å². The summed E-state index contributed by atoms with van der Waals surface area (Å²) < 4.78 is 15.0. The van der Waals surface area contributed by atoms with Gasteiger partial charge in [-0.2, -0.15) is 0 Å². The third kappa shape index (κ3) is 4.76. The number of amides is 2. The molecule has 0 saturated heterocycles. The summed E-state index contributed by atoms with van der Waals surface area (Å²) in [7, 11) is 1.61. The van der Waals surface area contributed by atoms with E-state index in [-0.39, 0.29) is 23.7 Å². The quantitative estimate of drug-likeness (QED) is 0.476. The van der Waals surface area contributed by atoms with Gasteiger partial charge >= 0.3 is 0 Å². The lowest BCUT2D eigenvalue weighted by molar-refractivity contribution is -0.118. The van der Waals surface area contributed by atoms with Gasteiger partial charge in [-0.05, 0) is 70.4 Å². The number of hydrogen-bond donors (Lipinski definition) is 3. The molecule has 0 aliphatic rings. The zero-order valence-electron chi connectivity index (χ0n) is 18.1. The zero-order chi connectivity index (χ0) is 22.8. The second kappa shape index (κ2) is 8.79. The van der Waals surface area contributed by atoms with E-state index in [1.165, 1.54) is 22.8 Å². The molecule has 3 N–H and O–H groups in total. The van der Waals surface area contributed by atoms with Crippen LogP contribution in [0.5, 0.6) is 0 Å². The normalized spacial score (nSPS) is 11.3. The molecular weight excluding hydrogens is 389 g/mol. The van der Waals surface area contributed by atoms with E-state index in [9.17, 15) is 18.8 Å². The maximum Gasteiger partial charge on any atom is 0.294 e. The van der Waals surface area contributed by atoms with Crippen LogP contribution in [0.15, 0.2) is 18.2 Å². The molecule has 1 aromatic carbocycles. The monoisotopic (exact) mass is 417 g/mol. The molecule has 0 spiro atoms. The standard InChI is InChI=1S/C22H28FN3O4/c1-12-11-15(7-8-16(12)23)24-20(29)17-13(2)18(26(6)14(17)3)19(28)21(30)25-22(4,5)9-10-27/h7-8,11,27H,9-10H2,1-6H3,(H,24,29)(H,25,30). The van der Waals surface area contributed by atoms with E-state index in [4.69, 9.17) is 5.11 Å². The van der Waals surface area contributed by atoms with Gasteiger partial charge in [-0.3, -0.25) is 14.4 Å². The van der Waals surface area contributed by atoms with E-state index in [2.05, 4.69) is 10.6 Å². The minimum atomic E-state index is -0.807. The summed E-state index contributed by atoms with van der Waals surface area (Å²) in [6, 6.07) is 4.24. The van der Waals surface area contributed by atoms with Gasteiger partial charge in [0.1, 0.15) is 5.82 Å². The summed E-state index contributed by atoms with van der Waals surface area (Å²) in [5.74, 6) is -2.39. The maximum absolute atomic E-state index is 13.5. The number of rotatable bonds is 7. The second-order valence-corrected chi connectivity index (χ2v) is 8.05. The fraction of sp³-hybridized carbons (Fsp3) is 0.409. The fourth-order valence-corrected chi connectivity index (χ4v) is 3.36. The third-order valence-electron chi connectivity index (χ3n) is 5.18. The molecule has 0 saturated carbocycles. The Balaban J connectivity index is 2.33. The first-order valence-electron chi connectivity index (χ1n) is 9.60. The van der Waals surface area contributed by atoms with Crippen molar-refractivity contribution in [2.24, 2.45) is 7.05 Å². The molecular formula is C22H28FN3O4. The van der Waals surface area contributed by atoms with E-state index in [1.54, 1.807) is 41.7 Å². The molecule has 7 nitrogen and oxygen atoms in total. The molecule has 0 atom stereocenters. The molecule has 8 heteroatoms. The van der Waals surface area contributed by atoms with Crippen LogP contribution in [-0.2, 0) is 11.8 Å². The van der Waals surface area contributed by atoms with Gasteiger partial charge in [0.15, 0.2) is 0 Å². The Morgan fingerprint density at radius 2 is 1.80 bits per heavy atom. The summed E-state index contributed by atoms with van der Waals surface area (Å²) in [5.41, 5.74) is 1.37. The molecule has 0 fully saturated rings. The molecule has 0 aliphatic carbocycles. The molecule has 0 unspecified atom stereocenters. The SMILES string of the molecule is Cc1cc(NC(=O)c2c(C)c(C(=O)C(=O)NC(C)(C)CCO)n(C)c2C)ccc1F. The smallest absolute Gasteiger partial charge is 0.294 e. The number of benzene rings is 1. The highest BCUT2D eigenvalue weighted by atomic mass is 19.1. The molecule has 2 amide bonds. The van der Waals surface area contributed by atoms with Crippen molar-refractivity contribution in [2.75, 3.05) is 11.9 Å². The van der Waals surface area contributed by atoms with Crippen molar-refractivity contribution in [3.8, 4) is 0 Å². The van der Waals surface area contributed by atoms with Gasteiger partial charge in [-0.15, -0.1) is 0 Å². The van der Waals surface area contributed by atoms with Crippen LogP contribution in [0.25, 0.3) is 0 Å². The molecule has 2 aromatic rings. The second-order valence-electron chi connectivity index (χ2n) is 8.05. The Morgan fingerprint density at radius 1 is 1.17 bits per heavy atom. The first-order chi connectivity index (χ1) is 13.9. The molecule has 0 aliphatic heterocycles. The lowest BCUT2D eigenvalue weighted by atomic mass is 10.0. The minimum Gasteiger partial charge on any atom is -0.396 e. The number of halogens is 1. The van der Waals surface area contributed by atoms with Crippen LogP contribution in [0, 0.1) is 26.6 Å². The lowest BCUT2D eigenvalue weighted by Crippen LogP contribution is -2.47. The molecule has 0 radical (unpaired) electrons. The van der Waals surface area contributed by atoms with Gasteiger partial charge in [0.05, 0.1) is 11.3 Å². The number of Topliss-reactive ketones (excluding diaryl/α,β-unsaturated/α-hetero) is 1. The van der Waals surface area contributed by atoms with Crippen LogP contribution >= 0.6 is 0 Å². The number of carbonyl (C=O) groups excluding carboxylic acids is 3. The molecule has 1 heterocycles. The van der Waals surface area contributed by atoms with Crippen LogP contribution in [0.1, 0.15) is 57.9 Å². The minimum absolute atomic E-state index is 0.116. The van der Waals surface area contributed by atoms with Gasteiger partial charge < -0.3 is 20.3 Å². The number of anilines is 1.